The third kappa shape index (κ3) is 4.21. The van der Waals surface area contributed by atoms with E-state index in [4.69, 9.17) is 21.4 Å². The number of carboxylic acids is 1. The van der Waals surface area contributed by atoms with Crippen LogP contribution in [0, 0.1) is 0 Å². The molecule has 0 aliphatic carbocycles. The molecule has 1 amide bonds. The highest BCUT2D eigenvalue weighted by atomic mass is 35.5. The summed E-state index contributed by atoms with van der Waals surface area (Å²) < 4.78 is 5.40. The molecule has 110 valence electrons. The predicted molar refractivity (Wildman–Crippen MR) is 81.5 cm³/mol. The number of amides is 1. The van der Waals surface area contributed by atoms with Gasteiger partial charge >= 0.3 is 5.97 Å². The average molecular weight is 326 g/mol. The average Bonchev–Trinajstić information content (AvgIpc) is 2.89. The first kappa shape index (κ1) is 15.3. The maximum atomic E-state index is 11.8. The lowest BCUT2D eigenvalue weighted by Gasteiger charge is -2.08. The number of carboxylic acid groups (broad SMARTS) is 1. The molecular weight excluding hydrogens is 314 g/mol. The van der Waals surface area contributed by atoms with Crippen LogP contribution in [0.2, 0.25) is 5.02 Å². The van der Waals surface area contributed by atoms with Gasteiger partial charge in [0.25, 0.3) is 0 Å². The topological polar surface area (TPSA) is 75.6 Å². The van der Waals surface area contributed by atoms with Crippen LogP contribution >= 0.6 is 22.9 Å². The SMILES string of the molecule is O=C(CCOc1ccccc1Cl)Nc1sccc1C(=O)O. The molecule has 1 aromatic heterocycles. The largest absolute Gasteiger partial charge is 0.491 e. The second kappa shape index (κ2) is 7.10. The van der Waals surface area contributed by atoms with Gasteiger partial charge in [0.2, 0.25) is 5.91 Å². The number of para-hydroxylation sites is 1. The van der Waals surface area contributed by atoms with Gasteiger partial charge in [0.1, 0.15) is 10.8 Å². The van der Waals surface area contributed by atoms with E-state index in [0.29, 0.717) is 15.8 Å². The summed E-state index contributed by atoms with van der Waals surface area (Å²) in [6, 6.07) is 8.42. The van der Waals surface area contributed by atoms with E-state index in [0.717, 1.165) is 11.3 Å². The van der Waals surface area contributed by atoms with E-state index in [9.17, 15) is 9.59 Å². The fourth-order valence-corrected chi connectivity index (χ4v) is 2.56. The van der Waals surface area contributed by atoms with Gasteiger partial charge < -0.3 is 15.2 Å². The summed E-state index contributed by atoms with van der Waals surface area (Å²) in [5.41, 5.74) is 0.0837. The van der Waals surface area contributed by atoms with E-state index in [-0.39, 0.29) is 24.5 Å². The molecule has 7 heteroatoms. The summed E-state index contributed by atoms with van der Waals surface area (Å²) >= 11 is 7.08. The molecule has 2 N–H and O–H groups in total. The Bertz CT molecular complexity index is 656. The van der Waals surface area contributed by atoms with Gasteiger partial charge in [-0.05, 0) is 23.6 Å². The molecule has 0 aliphatic heterocycles. The lowest BCUT2D eigenvalue weighted by Crippen LogP contribution is -2.16. The summed E-state index contributed by atoms with van der Waals surface area (Å²) in [6.45, 7) is 0.156. The monoisotopic (exact) mass is 325 g/mol. The standard InChI is InChI=1S/C14H12ClNO4S/c15-10-3-1-2-4-11(10)20-7-5-12(17)16-13-9(14(18)19)6-8-21-13/h1-4,6,8H,5,7H2,(H,16,17)(H,18,19). The van der Waals surface area contributed by atoms with Crippen LogP contribution in [0.3, 0.4) is 0 Å². The van der Waals surface area contributed by atoms with E-state index >= 15 is 0 Å². The van der Waals surface area contributed by atoms with Crippen molar-refractivity contribution in [1.82, 2.24) is 0 Å². The summed E-state index contributed by atoms with van der Waals surface area (Å²) in [5, 5.41) is 13.9. The van der Waals surface area contributed by atoms with Gasteiger partial charge in [-0.1, -0.05) is 23.7 Å². The molecule has 0 atom stereocenters. The molecule has 21 heavy (non-hydrogen) atoms. The number of ether oxygens (including phenoxy) is 1. The number of hydrogen-bond acceptors (Lipinski definition) is 4. The minimum atomic E-state index is -1.07. The van der Waals surface area contributed by atoms with Gasteiger partial charge in [0.05, 0.1) is 23.6 Å². The Morgan fingerprint density at radius 1 is 1.29 bits per heavy atom. The number of benzene rings is 1. The van der Waals surface area contributed by atoms with E-state index in [2.05, 4.69) is 5.32 Å². The number of anilines is 1. The predicted octanol–water partition coefficient (Wildman–Crippen LogP) is 3.51. The molecular formula is C14H12ClNO4S. The third-order valence-corrected chi connectivity index (χ3v) is 3.71. The Morgan fingerprint density at radius 2 is 2.05 bits per heavy atom. The molecule has 0 spiro atoms. The van der Waals surface area contributed by atoms with Gasteiger partial charge in [-0.3, -0.25) is 4.79 Å². The third-order valence-electron chi connectivity index (χ3n) is 2.57. The normalized spacial score (nSPS) is 10.1. The van der Waals surface area contributed by atoms with E-state index in [1.807, 2.05) is 0 Å². The molecule has 0 unspecified atom stereocenters. The minimum absolute atomic E-state index is 0.0837. The van der Waals surface area contributed by atoms with E-state index in [1.165, 1.54) is 6.07 Å². The molecule has 0 aliphatic rings. The van der Waals surface area contributed by atoms with Crippen LogP contribution < -0.4 is 10.1 Å². The van der Waals surface area contributed by atoms with Gasteiger partial charge in [0.15, 0.2) is 0 Å². The van der Waals surface area contributed by atoms with Crippen molar-refractivity contribution in [2.24, 2.45) is 0 Å². The quantitative estimate of drug-likeness (QED) is 0.852. The molecule has 0 bridgehead atoms. The summed E-state index contributed by atoms with van der Waals surface area (Å²) in [4.78, 5) is 22.7. The summed E-state index contributed by atoms with van der Waals surface area (Å²) in [7, 11) is 0. The zero-order valence-electron chi connectivity index (χ0n) is 10.8. The van der Waals surface area contributed by atoms with Crippen LogP contribution in [0.25, 0.3) is 0 Å². The fourth-order valence-electron chi connectivity index (χ4n) is 1.58. The van der Waals surface area contributed by atoms with Gasteiger partial charge in [0, 0.05) is 0 Å². The first-order chi connectivity index (χ1) is 10.1. The van der Waals surface area contributed by atoms with E-state index < -0.39 is 5.97 Å². The minimum Gasteiger partial charge on any atom is -0.491 e. The second-order valence-corrected chi connectivity index (χ2v) is 5.37. The lowest BCUT2D eigenvalue weighted by atomic mass is 10.3. The van der Waals surface area contributed by atoms with Crippen molar-refractivity contribution >= 4 is 39.8 Å². The van der Waals surface area contributed by atoms with Crippen LogP contribution in [0.15, 0.2) is 35.7 Å². The van der Waals surface area contributed by atoms with Crippen molar-refractivity contribution in [3.63, 3.8) is 0 Å². The van der Waals surface area contributed by atoms with Gasteiger partial charge in [-0.25, -0.2) is 4.79 Å². The van der Waals surface area contributed by atoms with Gasteiger partial charge in [-0.2, -0.15) is 0 Å². The molecule has 1 heterocycles. The number of hydrogen-bond donors (Lipinski definition) is 2. The Hall–Kier alpha value is -2.05. The summed E-state index contributed by atoms with van der Waals surface area (Å²) in [6.07, 6.45) is 0.0994. The molecule has 0 radical (unpaired) electrons. The van der Waals surface area contributed by atoms with Crippen molar-refractivity contribution in [2.75, 3.05) is 11.9 Å². The number of carbonyl (C=O) groups excluding carboxylic acids is 1. The number of aromatic carboxylic acids is 1. The van der Waals surface area contributed by atoms with Crippen LogP contribution in [0.4, 0.5) is 5.00 Å². The van der Waals surface area contributed by atoms with Crippen LogP contribution in [0.5, 0.6) is 5.75 Å². The first-order valence-electron chi connectivity index (χ1n) is 6.06. The Balaban J connectivity index is 1.84. The molecule has 5 nitrogen and oxygen atoms in total. The molecule has 2 aromatic rings. The highest BCUT2D eigenvalue weighted by Gasteiger charge is 2.13. The Labute approximate surface area is 130 Å². The zero-order valence-corrected chi connectivity index (χ0v) is 12.4. The number of halogens is 1. The van der Waals surface area contributed by atoms with Crippen LogP contribution in [-0.2, 0) is 4.79 Å². The smallest absolute Gasteiger partial charge is 0.338 e. The second-order valence-electron chi connectivity index (χ2n) is 4.05. The Morgan fingerprint density at radius 3 is 2.76 bits per heavy atom. The zero-order chi connectivity index (χ0) is 15.2. The summed E-state index contributed by atoms with van der Waals surface area (Å²) in [5.74, 6) is -0.875. The number of nitrogens with one attached hydrogen (secondary N) is 1. The maximum Gasteiger partial charge on any atom is 0.338 e. The van der Waals surface area contributed by atoms with E-state index in [1.54, 1.807) is 29.6 Å². The van der Waals surface area contributed by atoms with Crippen LogP contribution in [-0.4, -0.2) is 23.6 Å². The molecule has 0 saturated heterocycles. The maximum absolute atomic E-state index is 11.8. The lowest BCUT2D eigenvalue weighted by molar-refractivity contribution is -0.116. The molecule has 0 saturated carbocycles. The fraction of sp³-hybridized carbons (Fsp3) is 0.143. The van der Waals surface area contributed by atoms with Crippen molar-refractivity contribution in [2.45, 2.75) is 6.42 Å². The highest BCUT2D eigenvalue weighted by Crippen LogP contribution is 2.24. The number of thiophene rings is 1. The van der Waals surface area contributed by atoms with Gasteiger partial charge in [-0.15, -0.1) is 11.3 Å². The molecule has 2 rings (SSSR count). The number of rotatable bonds is 6. The molecule has 0 fully saturated rings. The first-order valence-corrected chi connectivity index (χ1v) is 7.31. The van der Waals surface area contributed by atoms with Crippen molar-refractivity contribution in [3.8, 4) is 5.75 Å². The van der Waals surface area contributed by atoms with Crippen molar-refractivity contribution in [3.05, 3.63) is 46.3 Å². The Kier molecular flexibility index (Phi) is 5.19. The molecule has 1 aromatic carbocycles. The highest BCUT2D eigenvalue weighted by molar-refractivity contribution is 7.14. The van der Waals surface area contributed by atoms with Crippen molar-refractivity contribution < 1.29 is 19.4 Å². The number of carbonyl (C=O) groups is 2. The van der Waals surface area contributed by atoms with Crippen LogP contribution in [0.1, 0.15) is 16.8 Å². The van der Waals surface area contributed by atoms with Crippen molar-refractivity contribution in [1.29, 1.82) is 0 Å².